The van der Waals surface area contributed by atoms with Crippen molar-refractivity contribution in [3.05, 3.63) is 121 Å². The van der Waals surface area contributed by atoms with E-state index in [1.807, 2.05) is 36.5 Å². The summed E-state index contributed by atoms with van der Waals surface area (Å²) in [6.07, 6.45) is 3.54. The molecule has 0 spiro atoms. The number of fused-ring (bicyclic) bond motifs is 3. The summed E-state index contributed by atoms with van der Waals surface area (Å²) in [4.78, 5) is 32.3. The van der Waals surface area contributed by atoms with Crippen molar-refractivity contribution in [3.63, 3.8) is 0 Å². The molecule has 0 aliphatic heterocycles. The first-order chi connectivity index (χ1) is 15.2. The maximum absolute atomic E-state index is 11.8. The molecule has 0 bridgehead atoms. The van der Waals surface area contributed by atoms with E-state index in [9.17, 15) is 9.59 Å². The summed E-state index contributed by atoms with van der Waals surface area (Å²) in [5.41, 5.74) is 3.19. The molecular formula is C27H20EuN2O2. The van der Waals surface area contributed by atoms with Gasteiger partial charge in [0.2, 0.25) is 0 Å². The quantitative estimate of drug-likeness (QED) is 0.157. The van der Waals surface area contributed by atoms with Gasteiger partial charge in [-0.25, -0.2) is 0 Å². The third-order valence-corrected chi connectivity index (χ3v) is 4.87. The van der Waals surface area contributed by atoms with E-state index in [0.717, 1.165) is 21.8 Å². The molecule has 1 radical (unpaired) electrons. The molecule has 0 N–H and O–H groups in total. The molecule has 157 valence electrons. The molecule has 0 aliphatic rings. The number of hydrogen-bond donors (Lipinski definition) is 0. The molecule has 5 rings (SSSR count). The van der Waals surface area contributed by atoms with E-state index < -0.39 is 0 Å². The zero-order valence-electron chi connectivity index (χ0n) is 17.2. The summed E-state index contributed by atoms with van der Waals surface area (Å²) in [7, 11) is 0. The van der Waals surface area contributed by atoms with Gasteiger partial charge in [0.15, 0.2) is 11.6 Å². The van der Waals surface area contributed by atoms with Crippen LogP contribution in [0.3, 0.4) is 0 Å². The number of Topliss-reactive ketones (excluding diaryl/α,β-unsaturated/α-hetero) is 2. The van der Waals surface area contributed by atoms with Crippen molar-refractivity contribution in [1.82, 2.24) is 9.97 Å². The van der Waals surface area contributed by atoms with Crippen LogP contribution in [0.4, 0.5) is 0 Å². The molecule has 2 aromatic heterocycles. The molecule has 0 fully saturated rings. The van der Waals surface area contributed by atoms with Crippen LogP contribution < -0.4 is 0 Å². The Morgan fingerprint density at radius 2 is 1.16 bits per heavy atom. The second-order valence-corrected chi connectivity index (χ2v) is 6.97. The first-order valence-corrected chi connectivity index (χ1v) is 9.97. The van der Waals surface area contributed by atoms with Gasteiger partial charge in [-0.1, -0.05) is 72.8 Å². The Morgan fingerprint density at radius 3 is 1.78 bits per heavy atom. The van der Waals surface area contributed by atoms with Crippen molar-refractivity contribution < 1.29 is 59.0 Å². The molecular weight excluding hydrogens is 536 g/mol. The SMILES string of the molecule is O=C(CC(=O)c1ccccc1)c1ccccc1.[Eu].c1cnc2c(c1)ccc1ncccc12. The second-order valence-electron chi connectivity index (χ2n) is 6.97. The van der Waals surface area contributed by atoms with Crippen LogP contribution in [0, 0.1) is 49.4 Å². The molecule has 0 saturated carbocycles. The van der Waals surface area contributed by atoms with Gasteiger partial charge in [-0.05, 0) is 24.3 Å². The molecule has 0 amide bonds. The zero-order chi connectivity index (χ0) is 21.5. The molecule has 0 saturated heterocycles. The predicted octanol–water partition coefficient (Wildman–Crippen LogP) is 5.93. The average Bonchev–Trinajstić information content (AvgIpc) is 2.85. The Morgan fingerprint density at radius 1 is 0.594 bits per heavy atom. The minimum atomic E-state index is -0.139. The van der Waals surface area contributed by atoms with Gasteiger partial charge in [0.1, 0.15) is 0 Å². The maximum atomic E-state index is 11.8. The molecule has 0 unspecified atom stereocenters. The number of carbonyl (C=O) groups excluding carboxylic acids is 2. The summed E-state index contributed by atoms with van der Waals surface area (Å²) in [6.45, 7) is 0. The number of rotatable bonds is 4. The number of nitrogens with zero attached hydrogens (tertiary/aromatic N) is 2. The van der Waals surface area contributed by atoms with Gasteiger partial charge in [-0.15, -0.1) is 0 Å². The molecule has 3 aromatic carbocycles. The monoisotopic (exact) mass is 557 g/mol. The molecule has 32 heavy (non-hydrogen) atoms. The van der Waals surface area contributed by atoms with Crippen LogP contribution in [0.2, 0.25) is 0 Å². The number of aromatic nitrogens is 2. The topological polar surface area (TPSA) is 59.9 Å². The standard InChI is InChI=1S/C15H12O2.C12H8N2.Eu/c16-14(12-7-3-1-4-8-12)11-15(17)13-9-5-2-6-10-13;1-3-9-5-6-11-10(4-2-7-13-11)12(9)14-8-1;/h1-10H,11H2;1-8H;. The first-order valence-electron chi connectivity index (χ1n) is 9.97. The second kappa shape index (κ2) is 11.9. The number of ketones is 2. The fourth-order valence-corrected chi connectivity index (χ4v) is 3.29. The summed E-state index contributed by atoms with van der Waals surface area (Å²) < 4.78 is 0. The fourth-order valence-electron chi connectivity index (χ4n) is 3.29. The summed E-state index contributed by atoms with van der Waals surface area (Å²) in [6, 6.07) is 29.8. The predicted molar refractivity (Wildman–Crippen MR) is 123 cm³/mol. The largest absolute Gasteiger partial charge is 0.294 e. The Labute approximate surface area is 227 Å². The van der Waals surface area contributed by atoms with E-state index in [1.165, 1.54) is 0 Å². The van der Waals surface area contributed by atoms with E-state index >= 15 is 0 Å². The molecule has 2 heterocycles. The van der Waals surface area contributed by atoms with Gasteiger partial charge in [0, 0.05) is 83.7 Å². The van der Waals surface area contributed by atoms with Crippen LogP contribution in [0.1, 0.15) is 27.1 Å². The Bertz CT molecular complexity index is 1240. The minimum absolute atomic E-state index is 0. The summed E-state index contributed by atoms with van der Waals surface area (Å²) in [5, 5.41) is 2.28. The number of pyridine rings is 2. The van der Waals surface area contributed by atoms with Crippen LogP contribution in [0.15, 0.2) is 109 Å². The fraction of sp³-hybridized carbons (Fsp3) is 0.0370. The van der Waals surface area contributed by atoms with Gasteiger partial charge < -0.3 is 0 Å². The van der Waals surface area contributed by atoms with Crippen molar-refractivity contribution in [3.8, 4) is 0 Å². The van der Waals surface area contributed by atoms with E-state index in [0.29, 0.717) is 11.1 Å². The zero-order valence-corrected chi connectivity index (χ0v) is 19.6. The molecule has 0 atom stereocenters. The molecule has 5 aromatic rings. The first kappa shape index (κ1) is 24.1. The molecule has 4 nitrogen and oxygen atoms in total. The maximum Gasteiger partial charge on any atom is 0.170 e. The van der Waals surface area contributed by atoms with Crippen LogP contribution in [-0.4, -0.2) is 21.5 Å². The van der Waals surface area contributed by atoms with Crippen molar-refractivity contribution in [2.75, 3.05) is 0 Å². The van der Waals surface area contributed by atoms with Gasteiger partial charge in [0.25, 0.3) is 0 Å². The normalized spacial score (nSPS) is 10.0. The van der Waals surface area contributed by atoms with E-state index in [4.69, 9.17) is 0 Å². The van der Waals surface area contributed by atoms with Gasteiger partial charge >= 0.3 is 0 Å². The van der Waals surface area contributed by atoms with Gasteiger partial charge in [0.05, 0.1) is 17.5 Å². The number of carbonyl (C=O) groups is 2. The Hall–Kier alpha value is -2.60. The Balaban J connectivity index is 0.000000178. The van der Waals surface area contributed by atoms with Crippen LogP contribution in [0.5, 0.6) is 0 Å². The van der Waals surface area contributed by atoms with E-state index in [2.05, 4.69) is 28.2 Å². The van der Waals surface area contributed by atoms with Crippen molar-refractivity contribution in [1.29, 1.82) is 0 Å². The van der Waals surface area contributed by atoms with Gasteiger partial charge in [-0.2, -0.15) is 0 Å². The van der Waals surface area contributed by atoms with Crippen LogP contribution in [0.25, 0.3) is 21.8 Å². The molecule has 0 aliphatic carbocycles. The Kier molecular flexibility index (Phi) is 8.92. The van der Waals surface area contributed by atoms with Gasteiger partial charge in [-0.3, -0.25) is 19.6 Å². The van der Waals surface area contributed by atoms with Crippen molar-refractivity contribution >= 4 is 33.4 Å². The van der Waals surface area contributed by atoms with Crippen molar-refractivity contribution in [2.24, 2.45) is 0 Å². The summed E-state index contributed by atoms with van der Waals surface area (Å²) >= 11 is 0. The third-order valence-electron chi connectivity index (χ3n) is 4.87. The minimum Gasteiger partial charge on any atom is -0.294 e. The van der Waals surface area contributed by atoms with Crippen LogP contribution in [-0.2, 0) is 0 Å². The summed E-state index contributed by atoms with van der Waals surface area (Å²) in [5.74, 6) is -0.279. The van der Waals surface area contributed by atoms with E-state index in [1.54, 1.807) is 54.7 Å². The molecule has 5 heteroatoms. The van der Waals surface area contributed by atoms with E-state index in [-0.39, 0.29) is 67.4 Å². The smallest absolute Gasteiger partial charge is 0.170 e. The third kappa shape index (κ3) is 6.01. The number of benzene rings is 3. The average molecular weight is 556 g/mol. The number of hydrogen-bond acceptors (Lipinski definition) is 4. The van der Waals surface area contributed by atoms with Crippen molar-refractivity contribution in [2.45, 2.75) is 6.42 Å². The van der Waals surface area contributed by atoms with Crippen LogP contribution >= 0.6 is 0 Å².